The second-order valence-corrected chi connectivity index (χ2v) is 9.68. The molecular formula is C21H27FN2O4S. The molecule has 1 atom stereocenters. The molecule has 0 saturated carbocycles. The van der Waals surface area contributed by atoms with Crippen molar-refractivity contribution in [2.75, 3.05) is 11.3 Å². The highest BCUT2D eigenvalue weighted by Crippen LogP contribution is 2.22. The molecule has 8 heteroatoms. The lowest BCUT2D eigenvalue weighted by Gasteiger charge is -2.26. The first kappa shape index (κ1) is 22.8. The number of rotatable bonds is 8. The van der Waals surface area contributed by atoms with Gasteiger partial charge in [-0.25, -0.2) is 12.8 Å². The largest absolute Gasteiger partial charge is 0.393 e. The van der Waals surface area contributed by atoms with E-state index in [2.05, 4.69) is 10.0 Å². The molecule has 0 heterocycles. The molecule has 2 aromatic rings. The Morgan fingerprint density at radius 1 is 1.21 bits per heavy atom. The predicted molar refractivity (Wildman–Crippen MR) is 111 cm³/mol. The number of anilines is 1. The second kappa shape index (κ2) is 8.92. The summed E-state index contributed by atoms with van der Waals surface area (Å²) in [6.07, 6.45) is 0.0477. The molecular weight excluding hydrogens is 395 g/mol. The van der Waals surface area contributed by atoms with Crippen LogP contribution >= 0.6 is 0 Å². The molecule has 0 aliphatic heterocycles. The molecule has 2 rings (SSSR count). The number of nitrogens with one attached hydrogen (secondary N) is 2. The third-order valence-corrected chi connectivity index (χ3v) is 5.79. The number of hydrogen-bond acceptors (Lipinski definition) is 4. The van der Waals surface area contributed by atoms with Crippen molar-refractivity contribution < 1.29 is 22.7 Å². The summed E-state index contributed by atoms with van der Waals surface area (Å²) >= 11 is 0. The van der Waals surface area contributed by atoms with Crippen molar-refractivity contribution in [2.24, 2.45) is 5.41 Å². The van der Waals surface area contributed by atoms with Gasteiger partial charge in [0.25, 0.3) is 15.9 Å². The Morgan fingerprint density at radius 2 is 1.90 bits per heavy atom. The highest BCUT2D eigenvalue weighted by atomic mass is 32.2. The molecule has 3 N–H and O–H groups in total. The lowest BCUT2D eigenvalue weighted by atomic mass is 9.87. The van der Waals surface area contributed by atoms with E-state index in [1.807, 2.05) is 13.8 Å². The normalized spacial score (nSPS) is 13.0. The fourth-order valence-electron chi connectivity index (χ4n) is 2.97. The zero-order valence-corrected chi connectivity index (χ0v) is 17.8. The number of hydrogen-bond donors (Lipinski definition) is 3. The van der Waals surface area contributed by atoms with Crippen molar-refractivity contribution in [1.29, 1.82) is 0 Å². The molecule has 1 unspecified atom stereocenters. The number of carbonyl (C=O) groups excluding carboxylic acids is 1. The number of aliphatic hydroxyl groups is 1. The topological polar surface area (TPSA) is 95.5 Å². The smallest absolute Gasteiger partial charge is 0.261 e. The third kappa shape index (κ3) is 6.54. The average molecular weight is 423 g/mol. The van der Waals surface area contributed by atoms with Crippen LogP contribution in [0.2, 0.25) is 0 Å². The van der Waals surface area contributed by atoms with Gasteiger partial charge in [-0.1, -0.05) is 26.0 Å². The number of benzene rings is 2. The molecule has 6 nitrogen and oxygen atoms in total. The van der Waals surface area contributed by atoms with E-state index < -0.39 is 21.9 Å². The van der Waals surface area contributed by atoms with E-state index >= 15 is 0 Å². The Kier molecular flexibility index (Phi) is 7.02. The summed E-state index contributed by atoms with van der Waals surface area (Å²) in [4.78, 5) is 12.2. The average Bonchev–Trinajstić information content (AvgIpc) is 2.60. The van der Waals surface area contributed by atoms with Gasteiger partial charge in [0.15, 0.2) is 0 Å². The first-order valence-electron chi connectivity index (χ1n) is 9.25. The van der Waals surface area contributed by atoms with Gasteiger partial charge in [0.2, 0.25) is 0 Å². The van der Waals surface area contributed by atoms with Crippen molar-refractivity contribution in [3.63, 3.8) is 0 Å². The number of halogens is 1. The minimum Gasteiger partial charge on any atom is -0.393 e. The Morgan fingerprint density at radius 3 is 2.52 bits per heavy atom. The zero-order chi connectivity index (χ0) is 21.8. The Hall–Kier alpha value is -2.45. The van der Waals surface area contributed by atoms with Crippen LogP contribution in [0.3, 0.4) is 0 Å². The van der Waals surface area contributed by atoms with Gasteiger partial charge in [-0.05, 0) is 61.6 Å². The van der Waals surface area contributed by atoms with Crippen LogP contribution in [0.4, 0.5) is 10.1 Å². The molecule has 0 fully saturated rings. The van der Waals surface area contributed by atoms with Crippen molar-refractivity contribution in [1.82, 2.24) is 5.32 Å². The van der Waals surface area contributed by atoms with E-state index in [-0.39, 0.29) is 27.5 Å². The summed E-state index contributed by atoms with van der Waals surface area (Å²) in [5, 5.41) is 12.3. The number of amides is 1. The molecule has 2 aromatic carbocycles. The number of aliphatic hydroxyl groups excluding tert-OH is 1. The lowest BCUT2D eigenvalue weighted by molar-refractivity contribution is 0.0902. The fourth-order valence-corrected chi connectivity index (χ4v) is 4.03. The van der Waals surface area contributed by atoms with Crippen molar-refractivity contribution in [3.8, 4) is 0 Å². The summed E-state index contributed by atoms with van der Waals surface area (Å²) in [5.41, 5.74) is 0.537. The Labute approximate surface area is 171 Å². The van der Waals surface area contributed by atoms with Crippen LogP contribution in [-0.2, 0) is 10.0 Å². The Bertz CT molecular complexity index is 988. The highest BCUT2D eigenvalue weighted by Gasteiger charge is 2.22. The minimum absolute atomic E-state index is 0.196. The van der Waals surface area contributed by atoms with Crippen molar-refractivity contribution >= 4 is 21.6 Å². The van der Waals surface area contributed by atoms with E-state index in [0.717, 1.165) is 6.07 Å². The van der Waals surface area contributed by atoms with Gasteiger partial charge < -0.3 is 10.4 Å². The second-order valence-electron chi connectivity index (χ2n) is 8.00. The maximum absolute atomic E-state index is 13.7. The lowest BCUT2D eigenvalue weighted by Crippen LogP contribution is -2.35. The third-order valence-electron chi connectivity index (χ3n) is 4.41. The monoisotopic (exact) mass is 422 g/mol. The predicted octanol–water partition coefficient (Wildman–Crippen LogP) is 3.46. The molecule has 158 valence electrons. The van der Waals surface area contributed by atoms with Crippen molar-refractivity contribution in [2.45, 2.75) is 45.1 Å². The van der Waals surface area contributed by atoms with E-state index in [1.54, 1.807) is 26.0 Å². The number of sulfonamides is 1. The summed E-state index contributed by atoms with van der Waals surface area (Å²) in [7, 11) is -3.99. The van der Waals surface area contributed by atoms with Crippen LogP contribution in [0.5, 0.6) is 0 Å². The van der Waals surface area contributed by atoms with Gasteiger partial charge in [-0.2, -0.15) is 0 Å². The highest BCUT2D eigenvalue weighted by molar-refractivity contribution is 7.92. The molecule has 0 aliphatic rings. The van der Waals surface area contributed by atoms with Gasteiger partial charge in [0, 0.05) is 17.8 Å². The van der Waals surface area contributed by atoms with Crippen LogP contribution in [-0.4, -0.2) is 32.1 Å². The number of carbonyl (C=O) groups is 1. The quantitative estimate of drug-likeness (QED) is 0.607. The molecule has 1 amide bonds. The van der Waals surface area contributed by atoms with Crippen LogP contribution in [0.15, 0.2) is 47.4 Å². The van der Waals surface area contributed by atoms with Crippen LogP contribution in [0.25, 0.3) is 0 Å². The Balaban J connectivity index is 2.12. The zero-order valence-electron chi connectivity index (χ0n) is 17.0. The fraction of sp³-hybridized carbons (Fsp3) is 0.381. The van der Waals surface area contributed by atoms with Gasteiger partial charge in [0.05, 0.1) is 11.0 Å². The van der Waals surface area contributed by atoms with Gasteiger partial charge >= 0.3 is 0 Å². The first-order valence-corrected chi connectivity index (χ1v) is 10.7. The van der Waals surface area contributed by atoms with Crippen LogP contribution < -0.4 is 10.0 Å². The number of aryl methyl sites for hydroxylation is 1. The molecule has 0 bridgehead atoms. The SMILES string of the molecule is Cc1ccc(S(=O)(=O)Nc2cccc(C(=O)NCC(C)(C)CC(C)O)c2)cc1F. The summed E-state index contributed by atoms with van der Waals surface area (Å²) in [6.45, 7) is 7.47. The molecule has 0 aliphatic carbocycles. The summed E-state index contributed by atoms with van der Waals surface area (Å²) in [6, 6.07) is 9.72. The van der Waals surface area contributed by atoms with Crippen LogP contribution in [0.1, 0.15) is 43.1 Å². The summed E-state index contributed by atoms with van der Waals surface area (Å²) in [5.74, 6) is -0.966. The first-order chi connectivity index (χ1) is 13.4. The van der Waals surface area contributed by atoms with Gasteiger partial charge in [-0.15, -0.1) is 0 Å². The molecule has 0 saturated heterocycles. The van der Waals surface area contributed by atoms with E-state index in [4.69, 9.17) is 0 Å². The van der Waals surface area contributed by atoms with Crippen LogP contribution in [0, 0.1) is 18.2 Å². The van der Waals surface area contributed by atoms with Gasteiger partial charge in [-0.3, -0.25) is 9.52 Å². The maximum Gasteiger partial charge on any atom is 0.261 e. The standard InChI is InChI=1S/C21H27FN2O4S/c1-14-8-9-18(11-19(14)22)29(27,28)24-17-7-5-6-16(10-17)20(26)23-13-21(3,4)12-15(2)25/h5-11,15,24-25H,12-13H2,1-4H3,(H,23,26). The molecule has 0 aromatic heterocycles. The minimum atomic E-state index is -3.99. The molecule has 29 heavy (non-hydrogen) atoms. The van der Waals surface area contributed by atoms with E-state index in [9.17, 15) is 22.7 Å². The van der Waals surface area contributed by atoms with E-state index in [1.165, 1.54) is 24.3 Å². The maximum atomic E-state index is 13.7. The summed E-state index contributed by atoms with van der Waals surface area (Å²) < 4.78 is 41.1. The van der Waals surface area contributed by atoms with E-state index in [0.29, 0.717) is 18.5 Å². The van der Waals surface area contributed by atoms with Gasteiger partial charge in [0.1, 0.15) is 5.82 Å². The van der Waals surface area contributed by atoms with Crippen molar-refractivity contribution in [3.05, 3.63) is 59.4 Å². The molecule has 0 spiro atoms. The molecule has 0 radical (unpaired) electrons.